The molecule has 0 bridgehead atoms. The molecule has 0 rings (SSSR count). The fraction of sp³-hybridized carbons (Fsp3) is 0.167. The Labute approximate surface area is 72.5 Å². The van der Waals surface area contributed by atoms with Crippen LogP contribution in [-0.4, -0.2) is 33.4 Å². The Morgan fingerprint density at radius 2 is 1.46 bits per heavy atom. The smallest absolute Gasteiger partial charge is 0.331 e. The maximum absolute atomic E-state index is 9.87. The van der Waals surface area contributed by atoms with Crippen molar-refractivity contribution in [2.24, 2.45) is 0 Å². The molecular weight excluding hydrogens is 184 g/mol. The molecular formula is C6H7O7-. The van der Waals surface area contributed by atoms with Gasteiger partial charge >= 0.3 is 11.9 Å². The number of carboxylic acids is 2. The third kappa shape index (κ3) is 17.8. The first-order valence-electron chi connectivity index (χ1n) is 2.80. The topological polar surface area (TPSA) is 135 Å². The molecule has 0 aliphatic carbocycles. The zero-order chi connectivity index (χ0) is 11.0. The van der Waals surface area contributed by atoms with E-state index in [1.54, 1.807) is 0 Å². The Hall–Kier alpha value is -2.05. The maximum Gasteiger partial charge on any atom is 0.331 e. The van der Waals surface area contributed by atoms with E-state index in [-0.39, 0.29) is 5.57 Å². The summed E-state index contributed by atoms with van der Waals surface area (Å²) >= 11 is 0. The molecule has 0 aliphatic heterocycles. The number of rotatable bonds is 3. The van der Waals surface area contributed by atoms with Crippen LogP contribution in [0.25, 0.3) is 0 Å². The monoisotopic (exact) mass is 191 g/mol. The Kier molecular flexibility index (Phi) is 6.92. The summed E-state index contributed by atoms with van der Waals surface area (Å²) in [5, 5.41) is 31.4. The van der Waals surface area contributed by atoms with Crippen molar-refractivity contribution in [1.29, 1.82) is 0 Å². The van der Waals surface area contributed by atoms with E-state index in [1.165, 1.54) is 0 Å². The summed E-state index contributed by atoms with van der Waals surface area (Å²) in [6.45, 7) is 3.01. The summed E-state index contributed by atoms with van der Waals surface area (Å²) in [5.41, 5.74) is -0.303. The van der Waals surface area contributed by atoms with E-state index in [0.717, 1.165) is 0 Å². The second-order valence-electron chi connectivity index (χ2n) is 1.75. The van der Waals surface area contributed by atoms with Gasteiger partial charge in [-0.25, -0.2) is 4.79 Å². The normalized spacial score (nSPS) is 7.69. The van der Waals surface area contributed by atoms with Crippen molar-refractivity contribution in [3.63, 3.8) is 0 Å². The zero-order valence-corrected chi connectivity index (χ0v) is 6.39. The van der Waals surface area contributed by atoms with Crippen LogP contribution in [0.4, 0.5) is 4.79 Å². The molecule has 0 saturated carbocycles. The van der Waals surface area contributed by atoms with Crippen LogP contribution in [0.1, 0.15) is 6.42 Å². The Bertz CT molecular complexity index is 225. The molecule has 0 spiro atoms. The summed E-state index contributed by atoms with van der Waals surface area (Å²) < 4.78 is 0. The molecule has 0 amide bonds. The lowest BCUT2D eigenvalue weighted by atomic mass is 10.2. The molecule has 0 aromatic carbocycles. The van der Waals surface area contributed by atoms with Gasteiger partial charge in [-0.05, 0) is 0 Å². The van der Waals surface area contributed by atoms with Crippen LogP contribution in [0.2, 0.25) is 0 Å². The summed E-state index contributed by atoms with van der Waals surface area (Å²) in [4.78, 5) is 28.1. The van der Waals surface area contributed by atoms with Crippen LogP contribution in [0, 0.1) is 0 Å². The zero-order valence-electron chi connectivity index (χ0n) is 6.39. The highest BCUT2D eigenvalue weighted by molar-refractivity contribution is 5.91. The van der Waals surface area contributed by atoms with Crippen molar-refractivity contribution in [2.45, 2.75) is 6.42 Å². The third-order valence-electron chi connectivity index (χ3n) is 0.667. The van der Waals surface area contributed by atoms with Gasteiger partial charge in [-0.1, -0.05) is 6.58 Å². The maximum atomic E-state index is 9.87. The number of carbonyl (C=O) groups is 3. The summed E-state index contributed by atoms with van der Waals surface area (Å²) in [7, 11) is 0. The van der Waals surface area contributed by atoms with Crippen LogP contribution in [0.3, 0.4) is 0 Å². The molecule has 3 N–H and O–H groups in total. The Morgan fingerprint density at radius 3 is 1.54 bits per heavy atom. The van der Waals surface area contributed by atoms with E-state index in [2.05, 4.69) is 6.58 Å². The number of aliphatic carboxylic acids is 2. The van der Waals surface area contributed by atoms with Crippen molar-refractivity contribution >= 4 is 18.1 Å². The van der Waals surface area contributed by atoms with Crippen LogP contribution in [0.5, 0.6) is 0 Å². The largest absolute Gasteiger partial charge is 0.565 e. The molecule has 0 radical (unpaired) electrons. The Morgan fingerprint density at radius 1 is 1.15 bits per heavy atom. The van der Waals surface area contributed by atoms with Gasteiger partial charge in [-0.15, -0.1) is 0 Å². The van der Waals surface area contributed by atoms with Gasteiger partial charge in [0.1, 0.15) is 0 Å². The molecule has 0 aromatic heterocycles. The molecule has 0 aromatic rings. The van der Waals surface area contributed by atoms with Gasteiger partial charge in [0.05, 0.1) is 6.42 Å². The predicted octanol–water partition coefficient (Wildman–Crippen LogP) is -1.01. The van der Waals surface area contributed by atoms with Crippen molar-refractivity contribution in [3.05, 3.63) is 12.2 Å². The molecule has 7 heteroatoms. The minimum Gasteiger partial charge on any atom is -0.565 e. The molecule has 0 aliphatic rings. The third-order valence-corrected chi connectivity index (χ3v) is 0.667. The van der Waals surface area contributed by atoms with Gasteiger partial charge in [0.25, 0.3) is 0 Å². The van der Waals surface area contributed by atoms with Crippen molar-refractivity contribution < 1.29 is 34.8 Å². The summed E-state index contributed by atoms with van der Waals surface area (Å²) in [5.74, 6) is -2.44. The van der Waals surface area contributed by atoms with E-state index in [4.69, 9.17) is 25.2 Å². The SMILES string of the molecule is C=C(CC(=O)O)C(=O)O.O=C([O-])O. The first-order chi connectivity index (χ1) is 5.77. The second kappa shape index (κ2) is 6.65. The second-order valence-corrected chi connectivity index (χ2v) is 1.75. The molecule has 7 nitrogen and oxygen atoms in total. The average Bonchev–Trinajstić information content (AvgIpc) is 1.83. The predicted molar refractivity (Wildman–Crippen MR) is 37.1 cm³/mol. The highest BCUT2D eigenvalue weighted by Gasteiger charge is 2.07. The van der Waals surface area contributed by atoms with Crippen molar-refractivity contribution in [2.75, 3.05) is 0 Å². The molecule has 74 valence electrons. The molecule has 0 saturated heterocycles. The van der Waals surface area contributed by atoms with Gasteiger partial charge in [0.2, 0.25) is 6.16 Å². The minimum atomic E-state index is -2.08. The van der Waals surface area contributed by atoms with E-state index in [9.17, 15) is 9.59 Å². The van der Waals surface area contributed by atoms with E-state index < -0.39 is 24.5 Å². The van der Waals surface area contributed by atoms with Crippen LogP contribution in [0.15, 0.2) is 12.2 Å². The quantitative estimate of drug-likeness (QED) is 0.486. The number of hydrogen-bond acceptors (Lipinski definition) is 4. The highest BCUT2D eigenvalue weighted by atomic mass is 16.6. The van der Waals surface area contributed by atoms with Crippen LogP contribution >= 0.6 is 0 Å². The Balaban J connectivity index is 0. The number of carboxylic acid groups (broad SMARTS) is 4. The van der Waals surface area contributed by atoms with Crippen molar-refractivity contribution in [1.82, 2.24) is 0 Å². The lowest BCUT2D eigenvalue weighted by molar-refractivity contribution is -0.275. The lowest BCUT2D eigenvalue weighted by Gasteiger charge is -1.91. The first kappa shape index (κ1) is 13.5. The van der Waals surface area contributed by atoms with Gasteiger partial charge in [0.15, 0.2) is 0 Å². The van der Waals surface area contributed by atoms with Gasteiger partial charge in [-0.3, -0.25) is 4.79 Å². The summed E-state index contributed by atoms with van der Waals surface area (Å²) in [6.07, 6.45) is -2.59. The molecule has 0 unspecified atom stereocenters. The number of hydrogen-bond donors (Lipinski definition) is 3. The van der Waals surface area contributed by atoms with Gasteiger partial charge in [-0.2, -0.15) is 0 Å². The van der Waals surface area contributed by atoms with Gasteiger partial charge < -0.3 is 25.2 Å². The molecule has 0 heterocycles. The molecule has 0 atom stereocenters. The fourth-order valence-electron chi connectivity index (χ4n) is 0.258. The van der Waals surface area contributed by atoms with Crippen LogP contribution in [-0.2, 0) is 9.59 Å². The van der Waals surface area contributed by atoms with Crippen molar-refractivity contribution in [3.8, 4) is 0 Å². The minimum absolute atomic E-state index is 0.303. The van der Waals surface area contributed by atoms with E-state index in [1.807, 2.05) is 0 Å². The summed E-state index contributed by atoms with van der Waals surface area (Å²) in [6, 6.07) is 0. The average molecular weight is 191 g/mol. The lowest BCUT2D eigenvalue weighted by Crippen LogP contribution is -2.17. The molecule has 0 fully saturated rings. The van der Waals surface area contributed by atoms with E-state index in [0.29, 0.717) is 0 Å². The highest BCUT2D eigenvalue weighted by Crippen LogP contribution is 1.95. The fourth-order valence-corrected chi connectivity index (χ4v) is 0.258. The standard InChI is InChI=1S/C5H6O4.CH2O3/c1-3(5(8)9)2-4(6)7;2-1(3)4/h1-2H2,(H,6,7)(H,8,9);(H2,2,3,4)/p-1. The molecule has 13 heavy (non-hydrogen) atoms. The van der Waals surface area contributed by atoms with Crippen LogP contribution < -0.4 is 5.11 Å². The van der Waals surface area contributed by atoms with Gasteiger partial charge in [0, 0.05) is 5.57 Å². The van der Waals surface area contributed by atoms with E-state index >= 15 is 0 Å². The first-order valence-corrected chi connectivity index (χ1v) is 2.80.